The monoisotopic (exact) mass is 392 g/mol. The van der Waals surface area contributed by atoms with E-state index < -0.39 is 0 Å². The van der Waals surface area contributed by atoms with E-state index >= 15 is 0 Å². The molecule has 2 aromatic carbocycles. The third-order valence-corrected chi connectivity index (χ3v) is 5.25. The number of nitrogens with one attached hydrogen (secondary N) is 1. The van der Waals surface area contributed by atoms with Crippen LogP contribution in [-0.2, 0) is 4.79 Å². The van der Waals surface area contributed by atoms with Crippen LogP contribution in [0.1, 0.15) is 16.7 Å². The molecule has 1 heterocycles. The molecule has 2 aromatic rings. The maximum absolute atomic E-state index is 12.4. The fourth-order valence-electron chi connectivity index (χ4n) is 3.53. The van der Waals surface area contributed by atoms with Gasteiger partial charge in [0, 0.05) is 38.4 Å². The molecule has 1 fully saturated rings. The summed E-state index contributed by atoms with van der Waals surface area (Å²) in [6.07, 6.45) is 0. The van der Waals surface area contributed by atoms with Gasteiger partial charge in [-0.1, -0.05) is 30.3 Å². The Morgan fingerprint density at radius 1 is 1.03 bits per heavy atom. The summed E-state index contributed by atoms with van der Waals surface area (Å²) >= 11 is 0. The maximum Gasteiger partial charge on any atom is 0.238 e. The van der Waals surface area contributed by atoms with Gasteiger partial charge in [-0.25, -0.2) is 0 Å². The second kappa shape index (κ2) is 10.1. The van der Waals surface area contributed by atoms with Crippen molar-refractivity contribution in [3.05, 3.63) is 59.2 Å². The molecule has 6 nitrogen and oxygen atoms in total. The molecule has 0 spiro atoms. The lowest BCUT2D eigenvalue weighted by molar-refractivity contribution is -0.117. The van der Waals surface area contributed by atoms with Crippen molar-refractivity contribution < 1.29 is 9.53 Å². The van der Waals surface area contributed by atoms with Crippen molar-refractivity contribution >= 4 is 11.6 Å². The Labute approximate surface area is 172 Å². The highest BCUT2D eigenvalue weighted by Crippen LogP contribution is 2.19. The number of carbonyl (C=O) groups is 1. The van der Waals surface area contributed by atoms with Crippen LogP contribution in [0.25, 0.3) is 0 Å². The van der Waals surface area contributed by atoms with Crippen LogP contribution in [0.15, 0.2) is 42.5 Å². The van der Waals surface area contributed by atoms with E-state index in [1.165, 1.54) is 0 Å². The number of aryl methyl sites for hydroxylation is 2. The van der Waals surface area contributed by atoms with E-state index in [9.17, 15) is 4.79 Å². The number of anilines is 1. The van der Waals surface area contributed by atoms with Crippen molar-refractivity contribution in [1.82, 2.24) is 9.80 Å². The van der Waals surface area contributed by atoms with Crippen molar-refractivity contribution in [3.63, 3.8) is 0 Å². The summed E-state index contributed by atoms with van der Waals surface area (Å²) in [5.74, 6) is 0.670. The van der Waals surface area contributed by atoms with E-state index in [4.69, 9.17) is 10.00 Å². The average Bonchev–Trinajstić information content (AvgIpc) is 2.72. The minimum Gasteiger partial charge on any atom is -0.491 e. The number of rotatable bonds is 7. The fraction of sp³-hybridized carbons (Fsp3) is 0.391. The number of benzene rings is 2. The number of para-hydroxylation sites is 2. The molecule has 0 saturated carbocycles. The quantitative estimate of drug-likeness (QED) is 0.785. The third kappa shape index (κ3) is 5.80. The van der Waals surface area contributed by atoms with Crippen LogP contribution in [-0.4, -0.2) is 61.6 Å². The number of ether oxygens (including phenoxy) is 1. The smallest absolute Gasteiger partial charge is 0.238 e. The molecular formula is C23H28N4O2. The number of nitrogens with zero attached hydrogens (tertiary/aromatic N) is 3. The first-order valence-electron chi connectivity index (χ1n) is 9.99. The summed E-state index contributed by atoms with van der Waals surface area (Å²) in [4.78, 5) is 17.0. The topological polar surface area (TPSA) is 68.6 Å². The molecule has 29 heavy (non-hydrogen) atoms. The van der Waals surface area contributed by atoms with E-state index in [0.717, 1.165) is 49.5 Å². The van der Waals surface area contributed by atoms with Crippen LogP contribution in [0.5, 0.6) is 5.75 Å². The Balaban J connectivity index is 1.39. The Bertz CT molecular complexity index is 862. The van der Waals surface area contributed by atoms with Crippen LogP contribution in [0.4, 0.5) is 5.69 Å². The van der Waals surface area contributed by atoms with E-state index in [1.807, 2.05) is 50.2 Å². The van der Waals surface area contributed by atoms with E-state index in [1.54, 1.807) is 6.07 Å². The molecule has 1 aliphatic rings. The lowest BCUT2D eigenvalue weighted by atomic mass is 10.1. The van der Waals surface area contributed by atoms with Gasteiger partial charge in [-0.3, -0.25) is 14.6 Å². The van der Waals surface area contributed by atoms with E-state index in [0.29, 0.717) is 24.5 Å². The van der Waals surface area contributed by atoms with Gasteiger partial charge in [0.05, 0.1) is 12.1 Å². The minimum absolute atomic E-state index is 0.0345. The number of carbonyl (C=O) groups excluding carboxylic acids is 1. The van der Waals surface area contributed by atoms with E-state index in [-0.39, 0.29) is 5.91 Å². The van der Waals surface area contributed by atoms with Crippen molar-refractivity contribution in [2.24, 2.45) is 0 Å². The number of hydrogen-bond acceptors (Lipinski definition) is 5. The van der Waals surface area contributed by atoms with Gasteiger partial charge in [0.25, 0.3) is 0 Å². The SMILES string of the molecule is Cc1cccc(C)c1NC(=O)CN1CCN(CCOc2ccccc2C#N)CC1. The summed E-state index contributed by atoms with van der Waals surface area (Å²) in [7, 11) is 0. The molecule has 1 saturated heterocycles. The molecule has 0 radical (unpaired) electrons. The molecule has 152 valence electrons. The molecule has 0 atom stereocenters. The van der Waals surface area contributed by atoms with Crippen molar-refractivity contribution in [2.45, 2.75) is 13.8 Å². The standard InChI is InChI=1S/C23H28N4O2/c1-18-6-5-7-19(2)23(18)25-22(28)17-27-12-10-26(11-13-27)14-15-29-21-9-4-3-8-20(21)16-24/h3-9H,10-15,17H2,1-2H3,(H,25,28). The predicted octanol–water partition coefficient (Wildman–Crippen LogP) is 2.81. The van der Waals surface area contributed by atoms with E-state index in [2.05, 4.69) is 21.2 Å². The third-order valence-electron chi connectivity index (χ3n) is 5.25. The molecular weight excluding hydrogens is 364 g/mol. The molecule has 1 N–H and O–H groups in total. The molecule has 1 aliphatic heterocycles. The van der Waals surface area contributed by atoms with Crippen LogP contribution in [0.2, 0.25) is 0 Å². The first-order valence-corrected chi connectivity index (χ1v) is 9.99. The number of piperazine rings is 1. The normalized spacial score (nSPS) is 14.9. The van der Waals surface area contributed by atoms with Crippen molar-refractivity contribution in [3.8, 4) is 11.8 Å². The summed E-state index contributed by atoms with van der Waals surface area (Å²) in [6, 6.07) is 15.5. The summed E-state index contributed by atoms with van der Waals surface area (Å²) < 4.78 is 5.77. The second-order valence-electron chi connectivity index (χ2n) is 7.39. The zero-order valence-electron chi connectivity index (χ0n) is 17.1. The highest BCUT2D eigenvalue weighted by molar-refractivity contribution is 5.93. The average molecular weight is 393 g/mol. The van der Waals surface area contributed by atoms with Gasteiger partial charge in [0.1, 0.15) is 18.4 Å². The van der Waals surface area contributed by atoms with Gasteiger partial charge < -0.3 is 10.1 Å². The predicted molar refractivity (Wildman–Crippen MR) is 114 cm³/mol. The van der Waals surface area contributed by atoms with Crippen LogP contribution in [0, 0.1) is 25.2 Å². The van der Waals surface area contributed by atoms with Gasteiger partial charge in [-0.05, 0) is 37.1 Å². The van der Waals surface area contributed by atoms with Gasteiger partial charge in [0.2, 0.25) is 5.91 Å². The molecule has 0 aliphatic carbocycles. The molecule has 1 amide bonds. The lowest BCUT2D eigenvalue weighted by Crippen LogP contribution is -2.49. The summed E-state index contributed by atoms with van der Waals surface area (Å²) in [5.41, 5.74) is 3.65. The number of hydrogen-bond donors (Lipinski definition) is 1. The van der Waals surface area contributed by atoms with Crippen molar-refractivity contribution in [1.29, 1.82) is 5.26 Å². The summed E-state index contributed by atoms with van der Waals surface area (Å²) in [6.45, 7) is 9.31. The van der Waals surface area contributed by atoms with Crippen molar-refractivity contribution in [2.75, 3.05) is 51.2 Å². The molecule has 3 rings (SSSR count). The van der Waals surface area contributed by atoms with Gasteiger partial charge >= 0.3 is 0 Å². The summed E-state index contributed by atoms with van der Waals surface area (Å²) in [5, 5.41) is 12.2. The van der Waals surface area contributed by atoms with Crippen LogP contribution >= 0.6 is 0 Å². The second-order valence-corrected chi connectivity index (χ2v) is 7.39. The highest BCUT2D eigenvalue weighted by Gasteiger charge is 2.19. The molecule has 0 unspecified atom stereocenters. The van der Waals surface area contributed by atoms with Crippen LogP contribution in [0.3, 0.4) is 0 Å². The lowest BCUT2D eigenvalue weighted by Gasteiger charge is -2.34. The van der Waals surface area contributed by atoms with Gasteiger partial charge in [-0.15, -0.1) is 0 Å². The van der Waals surface area contributed by atoms with Gasteiger partial charge in [-0.2, -0.15) is 5.26 Å². The Morgan fingerprint density at radius 2 is 1.69 bits per heavy atom. The minimum atomic E-state index is 0.0345. The molecule has 6 heteroatoms. The Kier molecular flexibility index (Phi) is 7.23. The zero-order valence-corrected chi connectivity index (χ0v) is 17.1. The largest absolute Gasteiger partial charge is 0.491 e. The fourth-order valence-corrected chi connectivity index (χ4v) is 3.53. The Hall–Kier alpha value is -2.88. The first kappa shape index (κ1) is 20.8. The van der Waals surface area contributed by atoms with Crippen LogP contribution < -0.4 is 10.1 Å². The molecule has 0 aromatic heterocycles. The molecule has 0 bridgehead atoms. The zero-order chi connectivity index (χ0) is 20.6. The first-order chi connectivity index (χ1) is 14.1. The highest BCUT2D eigenvalue weighted by atomic mass is 16.5. The Morgan fingerprint density at radius 3 is 2.38 bits per heavy atom. The number of nitriles is 1. The van der Waals surface area contributed by atoms with Gasteiger partial charge in [0.15, 0.2) is 0 Å². The maximum atomic E-state index is 12.4. The number of amides is 1.